The topological polar surface area (TPSA) is 182 Å². The SMILES string of the molecule is CCCCCC1(CCCCC)O[C@@H]2[C@H](O1)[C@H]1ON(Cc3ccc(C=CCc4ccccc4O)cc3)[C@@H]3C(=O)O[C@@H]2C[C@]13C(=O)NCc1cccc(C(=O)N[C@H](CO)CCC(=O)OC(C)(C)C)c1. The van der Waals surface area contributed by atoms with Gasteiger partial charge in [-0.1, -0.05) is 106 Å². The Balaban J connectivity index is 1.10. The van der Waals surface area contributed by atoms with Gasteiger partial charge in [0.2, 0.25) is 5.91 Å². The molecule has 3 aliphatic heterocycles. The van der Waals surface area contributed by atoms with Crippen LogP contribution < -0.4 is 10.6 Å². The molecule has 0 aromatic heterocycles. The fourth-order valence-corrected chi connectivity index (χ4v) is 9.95. The molecule has 14 heteroatoms. The summed E-state index contributed by atoms with van der Waals surface area (Å²) in [4.78, 5) is 62.0. The summed E-state index contributed by atoms with van der Waals surface area (Å²) in [6, 6.07) is 20.2. The number of ether oxygens (including phenoxy) is 4. The third-order valence-corrected chi connectivity index (χ3v) is 13.3. The largest absolute Gasteiger partial charge is 0.508 e. The maximum Gasteiger partial charge on any atom is 0.327 e. The van der Waals surface area contributed by atoms with Crippen molar-refractivity contribution in [2.24, 2.45) is 5.41 Å². The average molecular weight is 924 g/mol. The van der Waals surface area contributed by atoms with Crippen molar-refractivity contribution in [1.82, 2.24) is 15.7 Å². The van der Waals surface area contributed by atoms with E-state index >= 15 is 4.79 Å². The van der Waals surface area contributed by atoms with Gasteiger partial charge in [-0.15, -0.1) is 0 Å². The molecule has 3 aromatic carbocycles. The molecule has 14 nitrogen and oxygen atoms in total. The van der Waals surface area contributed by atoms with Gasteiger partial charge in [-0.2, -0.15) is 5.06 Å². The average Bonchev–Trinajstić information content (AvgIpc) is 3.86. The molecule has 4 N–H and O–H groups in total. The zero-order valence-corrected chi connectivity index (χ0v) is 39.7. The maximum absolute atomic E-state index is 15.1. The van der Waals surface area contributed by atoms with Crippen LogP contribution in [0.3, 0.4) is 0 Å². The van der Waals surface area contributed by atoms with E-state index in [4.69, 9.17) is 23.8 Å². The van der Waals surface area contributed by atoms with E-state index in [1.54, 1.807) is 62.2 Å². The number of aliphatic hydroxyl groups is 1. The lowest BCUT2D eigenvalue weighted by Gasteiger charge is -2.48. The Bertz CT molecular complexity index is 2210. The summed E-state index contributed by atoms with van der Waals surface area (Å²) in [7, 11) is 0. The van der Waals surface area contributed by atoms with E-state index in [0.717, 1.165) is 55.2 Å². The van der Waals surface area contributed by atoms with Gasteiger partial charge >= 0.3 is 11.9 Å². The van der Waals surface area contributed by atoms with Crippen LogP contribution in [0, 0.1) is 5.41 Å². The molecule has 3 saturated heterocycles. The number of carbonyl (C=O) groups excluding carboxylic acids is 4. The number of rotatable bonds is 22. The lowest BCUT2D eigenvalue weighted by atomic mass is 9.62. The third-order valence-electron chi connectivity index (χ3n) is 13.3. The first kappa shape index (κ1) is 49.8. The molecule has 7 atom stereocenters. The standard InChI is InChI=1S/C53H69N3O11/c1-6-8-12-28-52(29-13-9-7-2)65-44-42-31-53(50(62)54-32-37-17-15-20-39(30-37)48(60)55-40(34-57)26-27-43(59)64-51(3,4)5)46(49(61)63-42)56(67-47(53)45(44)66-52)33-36-24-22-35(23-25-36)16-14-19-38-18-10-11-21-41(38)58/h10-11,14-18,20-25,30,40,42,44-47,57-58H,6-9,12-13,19,26-29,31-34H2,1-5H3,(H,54,62)(H,55,60)/t40-,42+,44-,45-,46+,47+,53+/m0/s1. The molecule has 0 unspecified atom stereocenters. The minimum Gasteiger partial charge on any atom is -0.508 e. The van der Waals surface area contributed by atoms with E-state index in [1.165, 1.54) is 0 Å². The summed E-state index contributed by atoms with van der Waals surface area (Å²) in [5, 5.41) is 27.7. The number of aromatic hydroxyl groups is 1. The van der Waals surface area contributed by atoms with Crippen molar-refractivity contribution in [3.63, 3.8) is 0 Å². The number of nitrogens with zero attached hydrogens (tertiary/aromatic N) is 1. The first-order valence-corrected chi connectivity index (χ1v) is 24.2. The highest BCUT2D eigenvalue weighted by Gasteiger charge is 2.76. The number of unbranched alkanes of at least 4 members (excludes halogenated alkanes) is 4. The smallest absolute Gasteiger partial charge is 0.327 e. The number of phenols is 1. The van der Waals surface area contributed by atoms with Crippen LogP contribution in [0.1, 0.15) is 138 Å². The lowest BCUT2D eigenvalue weighted by Crippen LogP contribution is -2.69. The van der Waals surface area contributed by atoms with Crippen molar-refractivity contribution < 1.29 is 53.2 Å². The van der Waals surface area contributed by atoms with Crippen LogP contribution >= 0.6 is 0 Å². The predicted octanol–water partition coefficient (Wildman–Crippen LogP) is 7.62. The van der Waals surface area contributed by atoms with Gasteiger partial charge in [0.1, 0.15) is 41.2 Å². The van der Waals surface area contributed by atoms with Crippen LogP contribution in [-0.4, -0.2) is 93.5 Å². The molecule has 4 fully saturated rings. The van der Waals surface area contributed by atoms with Crippen molar-refractivity contribution in [1.29, 1.82) is 0 Å². The molecule has 7 rings (SSSR count). The van der Waals surface area contributed by atoms with Gasteiger partial charge in [0, 0.05) is 37.8 Å². The van der Waals surface area contributed by atoms with Gasteiger partial charge in [0.25, 0.3) is 5.91 Å². The Hall–Kier alpha value is -5.12. The molecule has 1 saturated carbocycles. The molecule has 0 spiro atoms. The fraction of sp³-hybridized carbons (Fsp3) is 0.547. The molecule has 1 aliphatic carbocycles. The van der Waals surface area contributed by atoms with Crippen LogP contribution in [-0.2, 0) is 57.7 Å². The molecule has 4 aliphatic rings. The van der Waals surface area contributed by atoms with Gasteiger partial charge in [-0.3, -0.25) is 24.0 Å². The van der Waals surface area contributed by atoms with Gasteiger partial charge < -0.3 is 39.8 Å². The second-order valence-corrected chi connectivity index (χ2v) is 19.6. The number of aliphatic hydroxyl groups excluding tert-OH is 1. The van der Waals surface area contributed by atoms with E-state index in [9.17, 15) is 24.6 Å². The Morgan fingerprint density at radius 2 is 1.64 bits per heavy atom. The van der Waals surface area contributed by atoms with E-state index < -0.39 is 71.1 Å². The van der Waals surface area contributed by atoms with Crippen molar-refractivity contribution in [3.8, 4) is 5.75 Å². The highest BCUT2D eigenvalue weighted by Crippen LogP contribution is 2.58. The number of para-hydroxylation sites is 1. The fourth-order valence-electron chi connectivity index (χ4n) is 9.95. The molecule has 67 heavy (non-hydrogen) atoms. The zero-order chi connectivity index (χ0) is 47.8. The summed E-state index contributed by atoms with van der Waals surface area (Å²) in [6.07, 6.45) is 9.31. The number of fused-ring (bicyclic) bond motifs is 4. The van der Waals surface area contributed by atoms with Crippen molar-refractivity contribution in [2.45, 2.75) is 173 Å². The van der Waals surface area contributed by atoms with Gasteiger partial charge in [-0.25, -0.2) is 0 Å². The predicted molar refractivity (Wildman–Crippen MR) is 251 cm³/mol. The molecular weight excluding hydrogens is 855 g/mol. The summed E-state index contributed by atoms with van der Waals surface area (Å²) in [6.45, 7) is 9.52. The molecule has 0 radical (unpaired) electrons. The van der Waals surface area contributed by atoms with E-state index in [-0.39, 0.29) is 50.6 Å². The number of nitrogens with one attached hydrogen (secondary N) is 2. The molecule has 2 amide bonds. The highest BCUT2D eigenvalue weighted by molar-refractivity contribution is 5.95. The van der Waals surface area contributed by atoms with E-state index in [2.05, 4.69) is 24.5 Å². The van der Waals surface area contributed by atoms with Crippen LogP contribution in [0.2, 0.25) is 0 Å². The first-order valence-electron chi connectivity index (χ1n) is 24.2. The van der Waals surface area contributed by atoms with Crippen molar-refractivity contribution >= 4 is 29.8 Å². The Morgan fingerprint density at radius 3 is 2.33 bits per heavy atom. The Labute approximate surface area is 394 Å². The minimum atomic E-state index is -1.39. The summed E-state index contributed by atoms with van der Waals surface area (Å²) in [5.41, 5.74) is 1.57. The number of hydrogen-bond donors (Lipinski definition) is 4. The molecular formula is C53H69N3O11. The maximum atomic E-state index is 15.1. The Kier molecular flexibility index (Phi) is 16.3. The monoisotopic (exact) mass is 923 g/mol. The number of benzene rings is 3. The number of esters is 2. The lowest BCUT2D eigenvalue weighted by molar-refractivity contribution is -0.224. The number of carbonyl (C=O) groups is 4. The molecule has 362 valence electrons. The highest BCUT2D eigenvalue weighted by atomic mass is 16.8. The Morgan fingerprint density at radius 1 is 0.925 bits per heavy atom. The number of hydrogen-bond acceptors (Lipinski definition) is 12. The van der Waals surface area contributed by atoms with Gasteiger partial charge in [-0.05, 0) is 86.9 Å². The number of phenolic OH excluding ortho intramolecular Hbond substituents is 1. The number of hydroxylamine groups is 2. The van der Waals surface area contributed by atoms with Crippen LogP contribution in [0.5, 0.6) is 5.75 Å². The first-order chi connectivity index (χ1) is 32.2. The molecule has 3 heterocycles. The summed E-state index contributed by atoms with van der Waals surface area (Å²) < 4.78 is 25.6. The van der Waals surface area contributed by atoms with Crippen molar-refractivity contribution in [3.05, 3.63) is 107 Å². The summed E-state index contributed by atoms with van der Waals surface area (Å²) in [5.74, 6) is -2.45. The van der Waals surface area contributed by atoms with Crippen LogP contribution in [0.4, 0.5) is 0 Å². The quantitative estimate of drug-likeness (QED) is 0.0573. The molecule has 2 bridgehead atoms. The van der Waals surface area contributed by atoms with Crippen LogP contribution in [0.25, 0.3) is 6.08 Å². The van der Waals surface area contributed by atoms with Gasteiger partial charge in [0.05, 0.1) is 19.2 Å². The second-order valence-electron chi connectivity index (χ2n) is 19.6. The number of amides is 2. The minimum absolute atomic E-state index is 0.0262. The number of allylic oxidation sites excluding steroid dienone is 1. The van der Waals surface area contributed by atoms with Crippen molar-refractivity contribution in [2.75, 3.05) is 6.61 Å². The van der Waals surface area contributed by atoms with Gasteiger partial charge in [0.15, 0.2) is 11.8 Å². The van der Waals surface area contributed by atoms with E-state index in [0.29, 0.717) is 30.4 Å². The zero-order valence-electron chi connectivity index (χ0n) is 39.7. The normalized spacial score (nSPS) is 24.5. The van der Waals surface area contributed by atoms with E-state index in [1.807, 2.05) is 48.6 Å². The summed E-state index contributed by atoms with van der Waals surface area (Å²) >= 11 is 0. The van der Waals surface area contributed by atoms with Crippen LogP contribution in [0.15, 0.2) is 78.9 Å². The molecule has 3 aromatic rings. The third kappa shape index (κ3) is 11.8. The second kappa shape index (κ2) is 21.9.